The highest BCUT2D eigenvalue weighted by Gasteiger charge is 2.05. The Kier molecular flexibility index (Phi) is 2.66. The van der Waals surface area contributed by atoms with Crippen LogP contribution >= 0.6 is 11.6 Å². The Bertz CT molecular complexity index is 479. The average Bonchev–Trinajstić information content (AvgIpc) is 2.66. The second kappa shape index (κ2) is 3.96. The summed E-state index contributed by atoms with van der Waals surface area (Å²) in [4.78, 5) is 0. The van der Waals surface area contributed by atoms with Crippen molar-refractivity contribution < 1.29 is 9.62 Å². The predicted octanol–water partition coefficient (Wildman–Crippen LogP) is 3.71. The van der Waals surface area contributed by atoms with Gasteiger partial charge in [-0.2, -0.15) is 0 Å². The van der Waals surface area contributed by atoms with E-state index >= 15 is 0 Å². The summed E-state index contributed by atoms with van der Waals surface area (Å²) < 4.78 is 5.46. The van der Waals surface area contributed by atoms with Gasteiger partial charge in [0.25, 0.3) is 0 Å². The largest absolute Gasteiger partial charge is 0.461 e. The van der Waals surface area contributed by atoms with E-state index in [9.17, 15) is 0 Å². The van der Waals surface area contributed by atoms with Crippen LogP contribution < -0.4 is 5.48 Å². The molecule has 0 saturated carbocycles. The molecule has 2 aromatic rings. The quantitative estimate of drug-likeness (QED) is 0.763. The third kappa shape index (κ3) is 1.98. The standard InChI is InChI=1S/C11H10ClNO2/c1-7-2-5-11(15-7)8-3-4-9(12)10(6-8)13-14/h2-6,13-14H,1H3. The molecule has 0 spiro atoms. The van der Waals surface area contributed by atoms with Crippen molar-refractivity contribution in [2.45, 2.75) is 6.92 Å². The van der Waals surface area contributed by atoms with Gasteiger partial charge in [0.05, 0.1) is 10.7 Å². The van der Waals surface area contributed by atoms with Crippen molar-refractivity contribution in [3.8, 4) is 11.3 Å². The Labute approximate surface area is 92.2 Å². The molecule has 0 saturated heterocycles. The number of hydrogen-bond acceptors (Lipinski definition) is 3. The van der Waals surface area contributed by atoms with E-state index in [0.717, 1.165) is 17.1 Å². The Morgan fingerprint density at radius 3 is 2.67 bits per heavy atom. The first-order valence-corrected chi connectivity index (χ1v) is 4.85. The molecule has 4 heteroatoms. The molecule has 0 aliphatic carbocycles. The summed E-state index contributed by atoms with van der Waals surface area (Å²) >= 11 is 5.84. The lowest BCUT2D eigenvalue weighted by atomic mass is 10.1. The van der Waals surface area contributed by atoms with Crippen molar-refractivity contribution in [2.75, 3.05) is 5.48 Å². The second-order valence-corrected chi connectivity index (χ2v) is 3.62. The number of benzene rings is 1. The summed E-state index contributed by atoms with van der Waals surface area (Å²) in [5.41, 5.74) is 3.36. The van der Waals surface area contributed by atoms with E-state index in [0.29, 0.717) is 10.7 Å². The first-order valence-electron chi connectivity index (χ1n) is 4.47. The highest BCUT2D eigenvalue weighted by atomic mass is 35.5. The van der Waals surface area contributed by atoms with Gasteiger partial charge in [0.2, 0.25) is 0 Å². The molecule has 1 aromatic carbocycles. The minimum absolute atomic E-state index is 0.461. The molecule has 0 radical (unpaired) electrons. The van der Waals surface area contributed by atoms with Gasteiger partial charge < -0.3 is 4.42 Å². The number of rotatable bonds is 2. The van der Waals surface area contributed by atoms with E-state index in [4.69, 9.17) is 21.2 Å². The molecule has 3 nitrogen and oxygen atoms in total. The number of nitrogens with one attached hydrogen (secondary N) is 1. The molecule has 0 aliphatic rings. The van der Waals surface area contributed by atoms with E-state index in [1.165, 1.54) is 0 Å². The van der Waals surface area contributed by atoms with Crippen LogP contribution in [-0.2, 0) is 0 Å². The summed E-state index contributed by atoms with van der Waals surface area (Å²) in [6.07, 6.45) is 0. The van der Waals surface area contributed by atoms with Crippen LogP contribution in [0.5, 0.6) is 0 Å². The molecular formula is C11H10ClNO2. The van der Waals surface area contributed by atoms with Crippen LogP contribution in [0.25, 0.3) is 11.3 Å². The summed E-state index contributed by atoms with van der Waals surface area (Å²) in [7, 11) is 0. The smallest absolute Gasteiger partial charge is 0.134 e. The molecule has 0 fully saturated rings. The number of hydrogen-bond donors (Lipinski definition) is 2. The minimum atomic E-state index is 0.461. The van der Waals surface area contributed by atoms with Crippen molar-refractivity contribution >= 4 is 17.3 Å². The van der Waals surface area contributed by atoms with Gasteiger partial charge in [0.15, 0.2) is 0 Å². The molecular weight excluding hydrogens is 214 g/mol. The molecule has 15 heavy (non-hydrogen) atoms. The SMILES string of the molecule is Cc1ccc(-c2ccc(Cl)c(NO)c2)o1. The molecule has 0 amide bonds. The van der Waals surface area contributed by atoms with Gasteiger partial charge in [0, 0.05) is 5.56 Å². The Morgan fingerprint density at radius 2 is 2.07 bits per heavy atom. The Balaban J connectivity index is 2.45. The lowest BCUT2D eigenvalue weighted by molar-refractivity contribution is 0.389. The molecule has 1 heterocycles. The first-order chi connectivity index (χ1) is 7.20. The summed E-state index contributed by atoms with van der Waals surface area (Å²) in [5.74, 6) is 1.60. The van der Waals surface area contributed by atoms with Crippen LogP contribution in [0.1, 0.15) is 5.76 Å². The Morgan fingerprint density at radius 1 is 1.27 bits per heavy atom. The highest BCUT2D eigenvalue weighted by molar-refractivity contribution is 6.33. The normalized spacial score (nSPS) is 10.3. The van der Waals surface area contributed by atoms with Gasteiger partial charge in [-0.1, -0.05) is 11.6 Å². The molecule has 2 rings (SSSR count). The van der Waals surface area contributed by atoms with Gasteiger partial charge in [0.1, 0.15) is 11.5 Å². The van der Waals surface area contributed by atoms with Crippen LogP contribution in [-0.4, -0.2) is 5.21 Å². The highest BCUT2D eigenvalue weighted by Crippen LogP contribution is 2.29. The fourth-order valence-corrected chi connectivity index (χ4v) is 1.51. The van der Waals surface area contributed by atoms with Gasteiger partial charge in [-0.25, -0.2) is 0 Å². The lowest BCUT2D eigenvalue weighted by Crippen LogP contribution is -1.90. The first kappa shape index (κ1) is 10.1. The van der Waals surface area contributed by atoms with Crippen LogP contribution in [0.3, 0.4) is 0 Å². The van der Waals surface area contributed by atoms with Crippen LogP contribution in [0.4, 0.5) is 5.69 Å². The van der Waals surface area contributed by atoms with Gasteiger partial charge in [-0.15, -0.1) is 0 Å². The molecule has 0 atom stereocenters. The van der Waals surface area contributed by atoms with Gasteiger partial charge >= 0.3 is 0 Å². The monoisotopic (exact) mass is 223 g/mol. The second-order valence-electron chi connectivity index (χ2n) is 3.22. The third-order valence-corrected chi connectivity index (χ3v) is 2.44. The van der Waals surface area contributed by atoms with E-state index in [1.54, 1.807) is 12.1 Å². The number of halogens is 1. The minimum Gasteiger partial charge on any atom is -0.461 e. The van der Waals surface area contributed by atoms with Crippen LogP contribution in [0.15, 0.2) is 34.7 Å². The predicted molar refractivity (Wildman–Crippen MR) is 59.3 cm³/mol. The van der Waals surface area contributed by atoms with Crippen molar-refractivity contribution in [3.63, 3.8) is 0 Å². The Hall–Kier alpha value is -1.45. The zero-order valence-corrected chi connectivity index (χ0v) is 8.88. The van der Waals surface area contributed by atoms with Crippen molar-refractivity contribution in [1.29, 1.82) is 0 Å². The fraction of sp³-hybridized carbons (Fsp3) is 0.0909. The molecule has 0 aliphatic heterocycles. The van der Waals surface area contributed by atoms with E-state index in [-0.39, 0.29) is 0 Å². The fourth-order valence-electron chi connectivity index (χ4n) is 1.35. The topological polar surface area (TPSA) is 45.4 Å². The van der Waals surface area contributed by atoms with Crippen LogP contribution in [0.2, 0.25) is 5.02 Å². The maximum absolute atomic E-state index is 8.83. The van der Waals surface area contributed by atoms with E-state index in [1.807, 2.05) is 30.6 Å². The molecule has 0 bridgehead atoms. The van der Waals surface area contributed by atoms with Crippen molar-refractivity contribution in [2.24, 2.45) is 0 Å². The van der Waals surface area contributed by atoms with Crippen LogP contribution in [0, 0.1) is 6.92 Å². The molecule has 2 N–H and O–H groups in total. The lowest BCUT2D eigenvalue weighted by Gasteiger charge is -2.04. The van der Waals surface area contributed by atoms with Gasteiger partial charge in [-0.3, -0.25) is 10.7 Å². The summed E-state index contributed by atoms with van der Waals surface area (Å²) in [6, 6.07) is 9.02. The van der Waals surface area contributed by atoms with Crippen molar-refractivity contribution in [1.82, 2.24) is 0 Å². The molecule has 0 unspecified atom stereocenters. The van der Waals surface area contributed by atoms with E-state index < -0.39 is 0 Å². The molecule has 78 valence electrons. The molecule has 1 aromatic heterocycles. The summed E-state index contributed by atoms with van der Waals surface area (Å²) in [5, 5.41) is 9.29. The van der Waals surface area contributed by atoms with Gasteiger partial charge in [-0.05, 0) is 37.3 Å². The third-order valence-electron chi connectivity index (χ3n) is 2.11. The average molecular weight is 224 g/mol. The number of anilines is 1. The van der Waals surface area contributed by atoms with Crippen molar-refractivity contribution in [3.05, 3.63) is 41.1 Å². The maximum Gasteiger partial charge on any atom is 0.134 e. The summed E-state index contributed by atoms with van der Waals surface area (Å²) in [6.45, 7) is 1.88. The zero-order valence-electron chi connectivity index (χ0n) is 8.12. The number of aryl methyl sites for hydroxylation is 1. The maximum atomic E-state index is 8.83. The van der Waals surface area contributed by atoms with E-state index in [2.05, 4.69) is 0 Å². The zero-order chi connectivity index (χ0) is 10.8. The number of furan rings is 1.